The average Bonchev–Trinajstić information content (AvgIpc) is 2.90. The summed E-state index contributed by atoms with van der Waals surface area (Å²) < 4.78 is 10.4. The van der Waals surface area contributed by atoms with E-state index in [1.165, 1.54) is 0 Å². The lowest BCUT2D eigenvalue weighted by atomic mass is 9.98. The van der Waals surface area contributed by atoms with Crippen molar-refractivity contribution in [1.82, 2.24) is 5.32 Å². The van der Waals surface area contributed by atoms with Gasteiger partial charge in [-0.25, -0.2) is 9.59 Å². The van der Waals surface area contributed by atoms with Crippen LogP contribution in [0.5, 0.6) is 0 Å². The van der Waals surface area contributed by atoms with Crippen LogP contribution in [0.25, 0.3) is 0 Å². The van der Waals surface area contributed by atoms with Gasteiger partial charge in [0, 0.05) is 0 Å². The van der Waals surface area contributed by atoms with Crippen LogP contribution in [0.3, 0.4) is 0 Å². The summed E-state index contributed by atoms with van der Waals surface area (Å²) in [6.07, 6.45) is 5.27. The van der Waals surface area contributed by atoms with Crippen LogP contribution in [0.1, 0.15) is 65.7 Å². The van der Waals surface area contributed by atoms with Gasteiger partial charge in [-0.05, 0) is 38.0 Å². The molecule has 5 nitrogen and oxygen atoms in total. The lowest BCUT2D eigenvalue weighted by Crippen LogP contribution is -2.53. The minimum Gasteiger partial charge on any atom is -0.464 e. The summed E-state index contributed by atoms with van der Waals surface area (Å²) >= 11 is 0. The van der Waals surface area contributed by atoms with Crippen molar-refractivity contribution in [3.63, 3.8) is 0 Å². The molecule has 0 unspecified atom stereocenters. The van der Waals surface area contributed by atoms with Crippen molar-refractivity contribution in [3.8, 4) is 0 Å². The maximum Gasteiger partial charge on any atom is 0.408 e. The van der Waals surface area contributed by atoms with Gasteiger partial charge in [-0.3, -0.25) is 0 Å². The number of esters is 1. The van der Waals surface area contributed by atoms with E-state index in [9.17, 15) is 9.59 Å². The second kappa shape index (κ2) is 8.90. The number of nitrogens with one attached hydrogen (secondary N) is 1. The molecule has 1 aliphatic rings. The summed E-state index contributed by atoms with van der Waals surface area (Å²) in [5.74, 6) is 0.295. The quantitative estimate of drug-likeness (QED) is 0.551. The fourth-order valence-corrected chi connectivity index (χ4v) is 2.58. The average molecular weight is 299 g/mol. The zero-order valence-corrected chi connectivity index (χ0v) is 13.6. The van der Waals surface area contributed by atoms with Crippen molar-refractivity contribution in [2.24, 2.45) is 5.92 Å². The van der Waals surface area contributed by atoms with Crippen molar-refractivity contribution >= 4 is 12.1 Å². The molecule has 5 heteroatoms. The van der Waals surface area contributed by atoms with Gasteiger partial charge in [-0.1, -0.05) is 33.6 Å². The third kappa shape index (κ3) is 5.94. The van der Waals surface area contributed by atoms with Gasteiger partial charge in [0.25, 0.3) is 0 Å². The van der Waals surface area contributed by atoms with E-state index < -0.39 is 11.6 Å². The Morgan fingerprint density at radius 2 is 1.81 bits per heavy atom. The first-order valence-corrected chi connectivity index (χ1v) is 8.12. The fourth-order valence-electron chi connectivity index (χ4n) is 2.58. The number of ether oxygens (including phenoxy) is 2. The first-order valence-electron chi connectivity index (χ1n) is 8.12. The highest BCUT2D eigenvalue weighted by Gasteiger charge is 2.44. The molecule has 122 valence electrons. The fraction of sp³-hybridized carbons (Fsp3) is 0.875. The number of rotatable bonds is 8. The van der Waals surface area contributed by atoms with E-state index in [1.54, 1.807) is 0 Å². The molecule has 21 heavy (non-hydrogen) atoms. The molecule has 0 heterocycles. The zero-order valence-electron chi connectivity index (χ0n) is 13.6. The molecule has 1 amide bonds. The van der Waals surface area contributed by atoms with Crippen LogP contribution in [0.2, 0.25) is 0 Å². The Balaban J connectivity index is 2.46. The van der Waals surface area contributed by atoms with E-state index in [0.29, 0.717) is 32.0 Å². The summed E-state index contributed by atoms with van der Waals surface area (Å²) in [5.41, 5.74) is -0.872. The lowest BCUT2D eigenvalue weighted by molar-refractivity contribution is -0.151. The van der Waals surface area contributed by atoms with Crippen LogP contribution >= 0.6 is 0 Å². The van der Waals surface area contributed by atoms with E-state index in [1.807, 2.05) is 6.92 Å². The smallest absolute Gasteiger partial charge is 0.408 e. The number of carbonyl (C=O) groups excluding carboxylic acids is 2. The van der Waals surface area contributed by atoms with Gasteiger partial charge < -0.3 is 14.8 Å². The topological polar surface area (TPSA) is 64.6 Å². The molecule has 0 atom stereocenters. The summed E-state index contributed by atoms with van der Waals surface area (Å²) in [4.78, 5) is 24.1. The molecular weight excluding hydrogens is 270 g/mol. The number of hydrogen-bond acceptors (Lipinski definition) is 4. The highest BCUT2D eigenvalue weighted by Crippen LogP contribution is 2.31. The molecular formula is C16H29NO4. The Hall–Kier alpha value is -1.26. The van der Waals surface area contributed by atoms with Gasteiger partial charge in [0.05, 0.1) is 13.2 Å². The number of carbonyl (C=O) groups is 2. The van der Waals surface area contributed by atoms with E-state index in [2.05, 4.69) is 19.2 Å². The zero-order chi connectivity index (χ0) is 15.7. The van der Waals surface area contributed by atoms with Crippen LogP contribution in [-0.2, 0) is 14.3 Å². The van der Waals surface area contributed by atoms with E-state index in [4.69, 9.17) is 9.47 Å². The van der Waals surface area contributed by atoms with Crippen molar-refractivity contribution in [1.29, 1.82) is 0 Å². The SMILES string of the molecule is CCCOC(=O)NC1(C(=O)OCCCC(C)C)CCCC1. The molecule has 0 bridgehead atoms. The second-order valence-corrected chi connectivity index (χ2v) is 6.22. The molecule has 1 fully saturated rings. The predicted molar refractivity (Wildman–Crippen MR) is 81.0 cm³/mol. The molecule has 0 aromatic carbocycles. The van der Waals surface area contributed by atoms with Gasteiger partial charge in [-0.15, -0.1) is 0 Å². The van der Waals surface area contributed by atoms with Crippen molar-refractivity contribution in [2.45, 2.75) is 71.3 Å². The molecule has 0 radical (unpaired) electrons. The maximum absolute atomic E-state index is 12.3. The maximum atomic E-state index is 12.3. The summed E-state index contributed by atoms with van der Waals surface area (Å²) in [5, 5.41) is 2.74. The van der Waals surface area contributed by atoms with Gasteiger partial charge in [-0.2, -0.15) is 0 Å². The molecule has 0 aromatic heterocycles. The first kappa shape index (κ1) is 17.8. The third-order valence-corrected chi connectivity index (χ3v) is 3.79. The van der Waals surface area contributed by atoms with E-state index in [0.717, 1.165) is 32.1 Å². The predicted octanol–water partition coefficient (Wildman–Crippen LogP) is 3.41. The highest BCUT2D eigenvalue weighted by molar-refractivity contribution is 5.86. The largest absolute Gasteiger partial charge is 0.464 e. The van der Waals surface area contributed by atoms with Crippen molar-refractivity contribution in [3.05, 3.63) is 0 Å². The minimum atomic E-state index is -0.872. The number of alkyl carbamates (subject to hydrolysis) is 1. The number of hydrogen-bond donors (Lipinski definition) is 1. The van der Waals surface area contributed by atoms with Crippen LogP contribution < -0.4 is 5.32 Å². The Labute approximate surface area is 127 Å². The molecule has 1 rings (SSSR count). The van der Waals surface area contributed by atoms with Gasteiger partial charge in [0.15, 0.2) is 0 Å². The van der Waals surface area contributed by atoms with Crippen LogP contribution in [-0.4, -0.2) is 30.8 Å². The van der Waals surface area contributed by atoms with Crippen LogP contribution in [0.15, 0.2) is 0 Å². The second-order valence-electron chi connectivity index (χ2n) is 6.22. The lowest BCUT2D eigenvalue weighted by Gasteiger charge is -2.27. The normalized spacial score (nSPS) is 16.8. The monoisotopic (exact) mass is 299 g/mol. The standard InChI is InChI=1S/C16H29NO4/c1-4-11-21-15(19)17-16(9-5-6-10-16)14(18)20-12-7-8-13(2)3/h13H,4-12H2,1-3H3,(H,17,19). The van der Waals surface area contributed by atoms with Crippen molar-refractivity contribution < 1.29 is 19.1 Å². The number of amides is 1. The van der Waals surface area contributed by atoms with Crippen molar-refractivity contribution in [2.75, 3.05) is 13.2 Å². The molecule has 0 aromatic rings. The Morgan fingerprint density at radius 3 is 2.38 bits per heavy atom. The first-order chi connectivity index (χ1) is 10.00. The Morgan fingerprint density at radius 1 is 1.14 bits per heavy atom. The van der Waals surface area contributed by atoms with Gasteiger partial charge in [0.2, 0.25) is 0 Å². The molecule has 0 saturated heterocycles. The minimum absolute atomic E-state index is 0.308. The van der Waals surface area contributed by atoms with E-state index in [-0.39, 0.29) is 5.97 Å². The molecule has 0 spiro atoms. The van der Waals surface area contributed by atoms with Gasteiger partial charge in [0.1, 0.15) is 5.54 Å². The van der Waals surface area contributed by atoms with Crippen LogP contribution in [0.4, 0.5) is 4.79 Å². The van der Waals surface area contributed by atoms with Gasteiger partial charge >= 0.3 is 12.1 Å². The van der Waals surface area contributed by atoms with Crippen LogP contribution in [0, 0.1) is 5.92 Å². The summed E-state index contributed by atoms with van der Waals surface area (Å²) in [6.45, 7) is 7.01. The molecule has 1 saturated carbocycles. The summed E-state index contributed by atoms with van der Waals surface area (Å²) in [7, 11) is 0. The Kier molecular flexibility index (Phi) is 7.54. The molecule has 0 aliphatic heterocycles. The molecule has 1 aliphatic carbocycles. The third-order valence-electron chi connectivity index (χ3n) is 3.79. The Bertz CT molecular complexity index is 335. The summed E-state index contributed by atoms with van der Waals surface area (Å²) in [6, 6.07) is 0. The highest BCUT2D eigenvalue weighted by atomic mass is 16.6. The van der Waals surface area contributed by atoms with E-state index >= 15 is 0 Å². The molecule has 1 N–H and O–H groups in total.